The van der Waals surface area contributed by atoms with E-state index in [-0.39, 0.29) is 9.77 Å². The predicted molar refractivity (Wildman–Crippen MR) is 72.8 cm³/mol. The van der Waals surface area contributed by atoms with Crippen molar-refractivity contribution >= 4 is 21.8 Å². The van der Waals surface area contributed by atoms with Crippen LogP contribution in [-0.4, -0.2) is 30.9 Å². The largest absolute Gasteiger partial charge is 0.326 e. The monoisotopic (exact) mass is 287 g/mol. The van der Waals surface area contributed by atoms with Gasteiger partial charge in [-0.25, -0.2) is 18.1 Å². The van der Waals surface area contributed by atoms with Gasteiger partial charge in [0.2, 0.25) is 0 Å². The zero-order chi connectivity index (χ0) is 13.2. The molecule has 1 fully saturated rings. The van der Waals surface area contributed by atoms with Crippen LogP contribution in [0.25, 0.3) is 0 Å². The van der Waals surface area contributed by atoms with E-state index in [0.717, 1.165) is 18.4 Å². The number of aromatic nitrogens is 1. The summed E-state index contributed by atoms with van der Waals surface area (Å²) in [5.41, 5.74) is 6.26. The quantitative estimate of drug-likeness (QED) is 0.805. The number of pyridine rings is 1. The van der Waals surface area contributed by atoms with Gasteiger partial charge in [-0.2, -0.15) is 11.8 Å². The molecule has 5 nitrogen and oxygen atoms in total. The van der Waals surface area contributed by atoms with Gasteiger partial charge in [0.15, 0.2) is 5.03 Å². The normalized spacial score (nSPS) is 17.7. The third-order valence-corrected chi connectivity index (χ3v) is 5.87. The van der Waals surface area contributed by atoms with Gasteiger partial charge in [-0.05, 0) is 30.7 Å². The minimum absolute atomic E-state index is 0.0524. The van der Waals surface area contributed by atoms with Gasteiger partial charge in [0.05, 0.1) is 0 Å². The molecule has 0 radical (unpaired) electrons. The zero-order valence-electron chi connectivity index (χ0n) is 10.2. The molecule has 18 heavy (non-hydrogen) atoms. The van der Waals surface area contributed by atoms with E-state index in [1.807, 2.05) is 6.26 Å². The summed E-state index contributed by atoms with van der Waals surface area (Å²) in [7, 11) is -3.50. The van der Waals surface area contributed by atoms with E-state index in [1.54, 1.807) is 17.8 Å². The van der Waals surface area contributed by atoms with Gasteiger partial charge >= 0.3 is 0 Å². The molecule has 0 spiro atoms. The van der Waals surface area contributed by atoms with Gasteiger partial charge in [0, 0.05) is 24.0 Å². The summed E-state index contributed by atoms with van der Waals surface area (Å²) in [6.07, 6.45) is 5.64. The van der Waals surface area contributed by atoms with Crippen LogP contribution in [0, 0.1) is 0 Å². The highest BCUT2D eigenvalue weighted by Crippen LogP contribution is 2.46. The van der Waals surface area contributed by atoms with Crippen molar-refractivity contribution in [3.8, 4) is 0 Å². The van der Waals surface area contributed by atoms with Gasteiger partial charge < -0.3 is 5.73 Å². The fourth-order valence-corrected chi connectivity index (χ4v) is 3.45. The van der Waals surface area contributed by atoms with Gasteiger partial charge in [-0.15, -0.1) is 0 Å². The van der Waals surface area contributed by atoms with Crippen molar-refractivity contribution in [2.24, 2.45) is 5.73 Å². The number of hydrogen-bond donors (Lipinski definition) is 2. The molecule has 1 aromatic rings. The van der Waals surface area contributed by atoms with Crippen LogP contribution in [0.4, 0.5) is 0 Å². The molecule has 1 aliphatic rings. The first kappa shape index (κ1) is 13.8. The van der Waals surface area contributed by atoms with E-state index in [0.29, 0.717) is 13.1 Å². The molecule has 0 unspecified atom stereocenters. The topological polar surface area (TPSA) is 85.1 Å². The maximum absolute atomic E-state index is 12.0. The molecular weight excluding hydrogens is 270 g/mol. The summed E-state index contributed by atoms with van der Waals surface area (Å²) in [5.74, 6) is 0. The highest BCUT2D eigenvalue weighted by atomic mass is 32.2. The molecule has 1 aromatic heterocycles. The van der Waals surface area contributed by atoms with Crippen LogP contribution in [0.3, 0.4) is 0 Å². The Morgan fingerprint density at radius 2 is 2.22 bits per heavy atom. The highest BCUT2D eigenvalue weighted by Gasteiger charge is 2.42. The minimum atomic E-state index is -3.50. The molecule has 1 saturated carbocycles. The molecule has 0 bridgehead atoms. The maximum atomic E-state index is 12.0. The van der Waals surface area contributed by atoms with Crippen LogP contribution >= 0.6 is 11.8 Å². The van der Waals surface area contributed by atoms with Crippen molar-refractivity contribution in [1.82, 2.24) is 9.71 Å². The lowest BCUT2D eigenvalue weighted by atomic mass is 10.3. The summed E-state index contributed by atoms with van der Waals surface area (Å²) in [6.45, 7) is 0.827. The van der Waals surface area contributed by atoms with Crippen LogP contribution in [0.2, 0.25) is 0 Å². The molecule has 7 heteroatoms. The first-order chi connectivity index (χ1) is 8.51. The second-order valence-corrected chi connectivity index (χ2v) is 7.41. The second kappa shape index (κ2) is 5.16. The Kier molecular flexibility index (Phi) is 3.96. The molecule has 0 atom stereocenters. The Morgan fingerprint density at radius 1 is 1.50 bits per heavy atom. The fourth-order valence-electron chi connectivity index (χ4n) is 1.58. The van der Waals surface area contributed by atoms with Crippen molar-refractivity contribution in [2.45, 2.75) is 29.2 Å². The van der Waals surface area contributed by atoms with E-state index in [4.69, 9.17) is 5.73 Å². The number of rotatable bonds is 6. The number of hydrogen-bond acceptors (Lipinski definition) is 5. The fraction of sp³-hybridized carbons (Fsp3) is 0.545. The van der Waals surface area contributed by atoms with Crippen LogP contribution < -0.4 is 10.5 Å². The first-order valence-corrected chi connectivity index (χ1v) is 8.42. The third kappa shape index (κ3) is 3.03. The molecule has 100 valence electrons. The van der Waals surface area contributed by atoms with E-state index in [2.05, 4.69) is 9.71 Å². The molecule has 0 aliphatic heterocycles. The lowest BCUT2D eigenvalue weighted by Crippen LogP contribution is -2.32. The summed E-state index contributed by atoms with van der Waals surface area (Å²) in [4.78, 5) is 3.93. The van der Waals surface area contributed by atoms with Crippen molar-refractivity contribution < 1.29 is 8.42 Å². The van der Waals surface area contributed by atoms with Crippen LogP contribution in [0.1, 0.15) is 18.4 Å². The lowest BCUT2D eigenvalue weighted by Gasteiger charge is -2.13. The number of nitrogens with one attached hydrogen (secondary N) is 1. The molecule has 0 amide bonds. The average molecular weight is 287 g/mol. The number of nitrogens with two attached hydrogens (primary N) is 1. The van der Waals surface area contributed by atoms with Crippen LogP contribution in [0.15, 0.2) is 23.4 Å². The Balaban J connectivity index is 2.05. The first-order valence-electron chi connectivity index (χ1n) is 5.71. The Bertz CT molecular complexity index is 510. The summed E-state index contributed by atoms with van der Waals surface area (Å²) < 4.78 is 26.7. The van der Waals surface area contributed by atoms with E-state index < -0.39 is 10.0 Å². The smallest absolute Gasteiger partial charge is 0.258 e. The van der Waals surface area contributed by atoms with Crippen molar-refractivity contribution in [1.29, 1.82) is 0 Å². The Hall–Kier alpha value is -0.630. The number of sulfonamides is 1. The van der Waals surface area contributed by atoms with Gasteiger partial charge in [-0.1, -0.05) is 6.07 Å². The Labute approximate surface area is 112 Å². The molecule has 2 rings (SSSR count). The maximum Gasteiger partial charge on any atom is 0.258 e. The summed E-state index contributed by atoms with van der Waals surface area (Å²) in [5, 5.41) is 0.0524. The Morgan fingerprint density at radius 3 is 2.67 bits per heavy atom. The lowest BCUT2D eigenvalue weighted by molar-refractivity contribution is 0.576. The molecule has 1 heterocycles. The van der Waals surface area contributed by atoms with Gasteiger partial charge in [0.1, 0.15) is 0 Å². The zero-order valence-corrected chi connectivity index (χ0v) is 11.9. The average Bonchev–Trinajstić information content (AvgIpc) is 3.17. The highest BCUT2D eigenvalue weighted by molar-refractivity contribution is 8.00. The summed E-state index contributed by atoms with van der Waals surface area (Å²) in [6, 6.07) is 3.17. The standard InChI is InChI=1S/C11H17N3O2S2/c1-17-11(4-5-11)8-14-18(15,16)10-3-2-9(6-12)7-13-10/h2-3,7,14H,4-6,8,12H2,1H3. The third-order valence-electron chi connectivity index (χ3n) is 3.13. The number of thioether (sulfide) groups is 1. The SMILES string of the molecule is CSC1(CNS(=O)(=O)c2ccc(CN)cn2)CC1. The number of nitrogens with zero attached hydrogens (tertiary/aromatic N) is 1. The summed E-state index contributed by atoms with van der Waals surface area (Å²) >= 11 is 1.72. The molecule has 0 aromatic carbocycles. The van der Waals surface area contributed by atoms with E-state index >= 15 is 0 Å². The molecule has 3 N–H and O–H groups in total. The second-order valence-electron chi connectivity index (χ2n) is 4.42. The van der Waals surface area contributed by atoms with Crippen LogP contribution in [0.5, 0.6) is 0 Å². The minimum Gasteiger partial charge on any atom is -0.326 e. The van der Waals surface area contributed by atoms with Crippen molar-refractivity contribution in [3.63, 3.8) is 0 Å². The molecular formula is C11H17N3O2S2. The van der Waals surface area contributed by atoms with Gasteiger partial charge in [0.25, 0.3) is 10.0 Å². The van der Waals surface area contributed by atoms with Crippen molar-refractivity contribution in [2.75, 3.05) is 12.8 Å². The van der Waals surface area contributed by atoms with E-state index in [1.165, 1.54) is 12.3 Å². The van der Waals surface area contributed by atoms with E-state index in [9.17, 15) is 8.42 Å². The van der Waals surface area contributed by atoms with Crippen molar-refractivity contribution in [3.05, 3.63) is 23.9 Å². The molecule has 0 saturated heterocycles. The molecule has 1 aliphatic carbocycles. The predicted octanol–water partition coefficient (Wildman–Crippen LogP) is 0.714. The van der Waals surface area contributed by atoms with Crippen LogP contribution in [-0.2, 0) is 16.6 Å². The van der Waals surface area contributed by atoms with Gasteiger partial charge in [-0.3, -0.25) is 0 Å².